The van der Waals surface area contributed by atoms with Crippen LogP contribution < -0.4 is 0 Å². The SMILES string of the molecule is Cc1ccc(S(=O)(=O)/N=C\c2cc([N+](=O)[O-])ccc2Cl)cc1. The molecule has 2 aromatic rings. The fraction of sp³-hybridized carbons (Fsp3) is 0.0714. The fourth-order valence-corrected chi connectivity index (χ4v) is 2.66. The Morgan fingerprint density at radius 1 is 1.18 bits per heavy atom. The van der Waals surface area contributed by atoms with Crippen molar-refractivity contribution in [1.82, 2.24) is 0 Å². The van der Waals surface area contributed by atoms with Gasteiger partial charge in [-0.1, -0.05) is 29.3 Å². The first-order valence-electron chi connectivity index (χ1n) is 6.10. The maximum Gasteiger partial charge on any atom is 0.282 e. The van der Waals surface area contributed by atoms with Crippen molar-refractivity contribution < 1.29 is 13.3 Å². The molecule has 0 aliphatic heterocycles. The molecular weight excluding hydrogens is 328 g/mol. The smallest absolute Gasteiger partial charge is 0.258 e. The molecule has 0 fully saturated rings. The highest BCUT2D eigenvalue weighted by molar-refractivity contribution is 7.90. The lowest BCUT2D eigenvalue weighted by Crippen LogP contribution is -1.98. The van der Waals surface area contributed by atoms with Crippen LogP contribution in [0.5, 0.6) is 0 Å². The van der Waals surface area contributed by atoms with E-state index in [0.29, 0.717) is 0 Å². The predicted molar refractivity (Wildman–Crippen MR) is 84.1 cm³/mol. The van der Waals surface area contributed by atoms with Gasteiger partial charge in [0.1, 0.15) is 0 Å². The summed E-state index contributed by atoms with van der Waals surface area (Å²) in [7, 11) is -3.88. The molecule has 6 nitrogen and oxygen atoms in total. The van der Waals surface area contributed by atoms with Crippen molar-refractivity contribution in [2.45, 2.75) is 11.8 Å². The Bertz CT molecular complexity index is 846. The zero-order valence-electron chi connectivity index (χ0n) is 11.4. The number of rotatable bonds is 4. The summed E-state index contributed by atoms with van der Waals surface area (Å²) in [6.07, 6.45) is 1.00. The van der Waals surface area contributed by atoms with Crippen LogP contribution in [0.2, 0.25) is 5.02 Å². The highest BCUT2D eigenvalue weighted by atomic mass is 35.5. The Morgan fingerprint density at radius 2 is 1.82 bits per heavy atom. The summed E-state index contributed by atoms with van der Waals surface area (Å²) in [6.45, 7) is 1.84. The van der Waals surface area contributed by atoms with Gasteiger partial charge in [0.25, 0.3) is 15.7 Å². The number of non-ortho nitro benzene ring substituents is 1. The molecule has 0 unspecified atom stereocenters. The Morgan fingerprint density at radius 3 is 2.41 bits per heavy atom. The van der Waals surface area contributed by atoms with Gasteiger partial charge in [0.2, 0.25) is 0 Å². The van der Waals surface area contributed by atoms with Crippen molar-refractivity contribution in [3.63, 3.8) is 0 Å². The summed E-state index contributed by atoms with van der Waals surface area (Å²) in [6, 6.07) is 9.91. The third kappa shape index (κ3) is 3.69. The summed E-state index contributed by atoms with van der Waals surface area (Å²) in [5.74, 6) is 0. The second kappa shape index (κ2) is 6.25. The number of hydrogen-bond donors (Lipinski definition) is 0. The van der Waals surface area contributed by atoms with Gasteiger partial charge in [-0.2, -0.15) is 12.8 Å². The second-order valence-corrected chi connectivity index (χ2v) is 6.53. The van der Waals surface area contributed by atoms with Crippen LogP contribution in [0, 0.1) is 17.0 Å². The van der Waals surface area contributed by atoms with Gasteiger partial charge in [0.05, 0.1) is 9.82 Å². The molecule has 114 valence electrons. The number of aryl methyl sites for hydroxylation is 1. The first kappa shape index (κ1) is 16.1. The van der Waals surface area contributed by atoms with Gasteiger partial charge in [-0.15, -0.1) is 0 Å². The van der Waals surface area contributed by atoms with E-state index in [-0.39, 0.29) is 21.2 Å². The van der Waals surface area contributed by atoms with Gasteiger partial charge in [-0.05, 0) is 25.1 Å². The molecular formula is C14H11ClN2O4S. The zero-order chi connectivity index (χ0) is 16.3. The van der Waals surface area contributed by atoms with E-state index in [1.165, 1.54) is 24.3 Å². The molecule has 0 saturated carbocycles. The summed E-state index contributed by atoms with van der Waals surface area (Å²) < 4.78 is 27.7. The van der Waals surface area contributed by atoms with Gasteiger partial charge < -0.3 is 0 Å². The Labute approximate surface area is 132 Å². The average molecular weight is 339 g/mol. The standard InChI is InChI=1S/C14H11ClN2O4S/c1-10-2-5-13(6-3-10)22(20,21)16-9-11-8-12(17(18)19)4-7-14(11)15/h2-9H,1H3/b16-9-. The van der Waals surface area contributed by atoms with E-state index in [1.54, 1.807) is 12.1 Å². The number of nitrogens with zero attached hydrogens (tertiary/aromatic N) is 2. The van der Waals surface area contributed by atoms with E-state index in [1.807, 2.05) is 6.92 Å². The maximum absolute atomic E-state index is 12.1. The number of sulfonamides is 1. The largest absolute Gasteiger partial charge is 0.282 e. The van der Waals surface area contributed by atoms with Crippen LogP contribution in [0.3, 0.4) is 0 Å². The number of benzene rings is 2. The normalized spacial score (nSPS) is 11.7. The molecule has 0 amide bonds. The van der Waals surface area contributed by atoms with Crippen LogP contribution in [0.15, 0.2) is 51.8 Å². The van der Waals surface area contributed by atoms with Crippen LogP contribution >= 0.6 is 11.6 Å². The summed E-state index contributed by atoms with van der Waals surface area (Å²) >= 11 is 5.89. The Balaban J connectivity index is 2.37. The van der Waals surface area contributed by atoms with Crippen LogP contribution in [0.4, 0.5) is 5.69 Å². The molecule has 2 aromatic carbocycles. The molecule has 22 heavy (non-hydrogen) atoms. The number of nitro groups is 1. The van der Waals surface area contributed by atoms with E-state index in [2.05, 4.69) is 4.40 Å². The van der Waals surface area contributed by atoms with Crippen LogP contribution in [0.1, 0.15) is 11.1 Å². The second-order valence-electron chi connectivity index (χ2n) is 4.49. The van der Waals surface area contributed by atoms with Gasteiger partial charge in [0, 0.05) is 28.9 Å². The van der Waals surface area contributed by atoms with Gasteiger partial charge >= 0.3 is 0 Å². The summed E-state index contributed by atoms with van der Waals surface area (Å²) in [5, 5.41) is 10.9. The molecule has 0 bridgehead atoms. The van der Waals surface area contributed by atoms with E-state index < -0.39 is 14.9 Å². The van der Waals surface area contributed by atoms with E-state index in [4.69, 9.17) is 11.6 Å². The topological polar surface area (TPSA) is 89.6 Å². The van der Waals surface area contributed by atoms with Crippen molar-refractivity contribution >= 4 is 33.5 Å². The average Bonchev–Trinajstić information content (AvgIpc) is 2.46. The van der Waals surface area contributed by atoms with Crippen molar-refractivity contribution in [1.29, 1.82) is 0 Å². The molecule has 0 aliphatic carbocycles. The minimum Gasteiger partial charge on any atom is -0.258 e. The molecule has 0 saturated heterocycles. The number of nitro benzene ring substituents is 1. The third-order valence-electron chi connectivity index (χ3n) is 2.84. The van der Waals surface area contributed by atoms with Gasteiger partial charge in [-0.3, -0.25) is 10.1 Å². The molecule has 8 heteroatoms. The lowest BCUT2D eigenvalue weighted by molar-refractivity contribution is -0.384. The van der Waals surface area contributed by atoms with Gasteiger partial charge in [-0.25, -0.2) is 0 Å². The van der Waals surface area contributed by atoms with Crippen LogP contribution in [0.25, 0.3) is 0 Å². The minimum absolute atomic E-state index is 0.0379. The maximum atomic E-state index is 12.1. The summed E-state index contributed by atoms with van der Waals surface area (Å²) in [4.78, 5) is 10.2. The molecule has 0 aromatic heterocycles. The molecule has 0 atom stereocenters. The highest BCUT2D eigenvalue weighted by Crippen LogP contribution is 2.21. The molecule has 0 N–H and O–H groups in total. The summed E-state index contributed by atoms with van der Waals surface area (Å²) in [5.41, 5.74) is 0.884. The highest BCUT2D eigenvalue weighted by Gasteiger charge is 2.13. The molecule has 0 spiro atoms. The Kier molecular flexibility index (Phi) is 4.58. The van der Waals surface area contributed by atoms with Gasteiger partial charge in [0.15, 0.2) is 0 Å². The molecule has 0 heterocycles. The molecule has 0 aliphatic rings. The minimum atomic E-state index is -3.88. The van der Waals surface area contributed by atoms with Crippen LogP contribution in [-0.4, -0.2) is 19.6 Å². The van der Waals surface area contributed by atoms with Crippen molar-refractivity contribution in [3.8, 4) is 0 Å². The van der Waals surface area contributed by atoms with Crippen LogP contribution in [-0.2, 0) is 10.0 Å². The van der Waals surface area contributed by atoms with E-state index in [0.717, 1.165) is 17.8 Å². The first-order chi connectivity index (χ1) is 10.3. The van der Waals surface area contributed by atoms with Crippen molar-refractivity contribution in [2.75, 3.05) is 0 Å². The monoisotopic (exact) mass is 338 g/mol. The number of hydrogen-bond acceptors (Lipinski definition) is 4. The van der Waals surface area contributed by atoms with Crippen molar-refractivity contribution in [2.24, 2.45) is 4.40 Å². The lowest BCUT2D eigenvalue weighted by atomic mass is 10.2. The predicted octanol–water partition coefficient (Wildman–Crippen LogP) is 3.36. The van der Waals surface area contributed by atoms with Crippen molar-refractivity contribution in [3.05, 3.63) is 68.7 Å². The van der Waals surface area contributed by atoms with E-state index in [9.17, 15) is 18.5 Å². The molecule has 2 rings (SSSR count). The first-order valence-corrected chi connectivity index (χ1v) is 7.92. The quantitative estimate of drug-likeness (QED) is 0.485. The molecule has 0 radical (unpaired) electrons. The fourth-order valence-electron chi connectivity index (χ4n) is 1.64. The van der Waals surface area contributed by atoms with E-state index >= 15 is 0 Å². The third-order valence-corrected chi connectivity index (χ3v) is 4.43. The Hall–Kier alpha value is -2.25. The number of halogens is 1. The lowest BCUT2D eigenvalue weighted by Gasteiger charge is -2.00. The zero-order valence-corrected chi connectivity index (χ0v) is 13.0.